The van der Waals surface area contributed by atoms with E-state index in [2.05, 4.69) is 28.1 Å². The van der Waals surface area contributed by atoms with E-state index in [4.69, 9.17) is 9.47 Å². The second-order valence-electron chi connectivity index (χ2n) is 6.96. The first-order valence-corrected chi connectivity index (χ1v) is 9.71. The topological polar surface area (TPSA) is 56.4 Å². The third-order valence-corrected chi connectivity index (χ3v) is 4.97. The van der Waals surface area contributed by atoms with Crippen molar-refractivity contribution < 1.29 is 18.8 Å². The number of nitrogens with zero attached hydrogens (tertiary/aromatic N) is 2. The van der Waals surface area contributed by atoms with Crippen molar-refractivity contribution in [3.8, 4) is 11.5 Å². The number of benzene rings is 3. The number of ether oxygens (including phenoxy) is 2. The number of rotatable bonds is 7. The van der Waals surface area contributed by atoms with Gasteiger partial charge in [0.2, 0.25) is 6.33 Å². The molecule has 4 rings (SSSR count). The number of methoxy groups -OCH3 is 2. The molecule has 0 aliphatic carbocycles. The van der Waals surface area contributed by atoms with Crippen LogP contribution in [0.4, 0.5) is 5.69 Å². The van der Waals surface area contributed by atoms with Crippen LogP contribution in [0.1, 0.15) is 5.56 Å². The molecule has 31 heavy (non-hydrogen) atoms. The number of anilines is 1. The number of amides is 1. The van der Waals surface area contributed by atoms with Crippen molar-refractivity contribution in [1.82, 2.24) is 4.57 Å². The zero-order valence-electron chi connectivity index (χ0n) is 17.4. The van der Waals surface area contributed by atoms with Crippen LogP contribution >= 0.6 is 24.0 Å². The Kier molecular flexibility index (Phi) is 7.51. The smallest absolute Gasteiger partial charge is 0.266 e. The summed E-state index contributed by atoms with van der Waals surface area (Å²) in [6.45, 7) is 0.919. The van der Waals surface area contributed by atoms with Crippen molar-refractivity contribution >= 4 is 46.6 Å². The van der Waals surface area contributed by atoms with Gasteiger partial charge in [0, 0.05) is 6.07 Å². The standard InChI is InChI=1S/C24H23N3O3.HI/c1-29-19-12-13-23(30-2)20(14-19)25-24(28)16-27-17-26(15-18-8-4-3-5-9-18)21-10-6-7-11-22(21)27;/h3-14,17H,15-16H2,1-2H3;1H/p+1. The predicted molar refractivity (Wildman–Crippen MR) is 131 cm³/mol. The Morgan fingerprint density at radius 3 is 2.45 bits per heavy atom. The van der Waals surface area contributed by atoms with E-state index in [-0.39, 0.29) is 36.4 Å². The zero-order valence-corrected chi connectivity index (χ0v) is 19.8. The van der Waals surface area contributed by atoms with Gasteiger partial charge in [-0.15, -0.1) is 24.0 Å². The Bertz CT molecular complexity index is 1180. The molecule has 0 unspecified atom stereocenters. The molecular formula is C24H25IN3O3+. The average molecular weight is 530 g/mol. The third-order valence-electron chi connectivity index (χ3n) is 4.97. The molecule has 0 spiro atoms. The van der Waals surface area contributed by atoms with E-state index in [1.165, 1.54) is 5.56 Å². The molecule has 0 saturated carbocycles. The number of imidazole rings is 1. The van der Waals surface area contributed by atoms with Gasteiger partial charge in [-0.3, -0.25) is 4.79 Å². The van der Waals surface area contributed by atoms with Gasteiger partial charge in [-0.05, 0) is 29.8 Å². The molecule has 0 radical (unpaired) electrons. The number of hydrogen-bond donors (Lipinski definition) is 1. The van der Waals surface area contributed by atoms with E-state index >= 15 is 0 Å². The van der Waals surface area contributed by atoms with Gasteiger partial charge in [-0.25, -0.2) is 9.13 Å². The molecule has 1 amide bonds. The lowest BCUT2D eigenvalue weighted by molar-refractivity contribution is -0.663. The van der Waals surface area contributed by atoms with Crippen LogP contribution in [-0.4, -0.2) is 24.7 Å². The summed E-state index contributed by atoms with van der Waals surface area (Å²) in [6, 6.07) is 23.7. The Balaban J connectivity index is 0.00000272. The van der Waals surface area contributed by atoms with E-state index in [9.17, 15) is 4.79 Å². The van der Waals surface area contributed by atoms with Crippen LogP contribution in [-0.2, 0) is 17.9 Å². The summed E-state index contributed by atoms with van der Waals surface area (Å²) in [5.74, 6) is 1.09. The van der Waals surface area contributed by atoms with Crippen LogP contribution in [0.5, 0.6) is 11.5 Å². The highest BCUT2D eigenvalue weighted by atomic mass is 127. The quantitative estimate of drug-likeness (QED) is 0.287. The molecule has 3 aromatic carbocycles. The Morgan fingerprint density at radius 1 is 0.968 bits per heavy atom. The van der Waals surface area contributed by atoms with E-state index in [0.29, 0.717) is 17.2 Å². The van der Waals surface area contributed by atoms with E-state index in [1.807, 2.05) is 47.3 Å². The summed E-state index contributed by atoms with van der Waals surface area (Å²) in [6.07, 6.45) is 1.99. The van der Waals surface area contributed by atoms with Crippen molar-refractivity contribution in [2.75, 3.05) is 19.5 Å². The second kappa shape index (κ2) is 10.3. The Labute approximate surface area is 198 Å². The summed E-state index contributed by atoms with van der Waals surface area (Å²) in [7, 11) is 3.16. The molecule has 160 valence electrons. The summed E-state index contributed by atoms with van der Waals surface area (Å²) in [5, 5.41) is 2.93. The molecular weight excluding hydrogens is 505 g/mol. The van der Waals surface area contributed by atoms with Gasteiger partial charge in [0.1, 0.15) is 18.0 Å². The maximum absolute atomic E-state index is 12.8. The van der Waals surface area contributed by atoms with E-state index < -0.39 is 0 Å². The van der Waals surface area contributed by atoms with Crippen molar-refractivity contribution in [3.63, 3.8) is 0 Å². The van der Waals surface area contributed by atoms with Gasteiger partial charge in [0.05, 0.1) is 19.9 Å². The van der Waals surface area contributed by atoms with Crippen molar-refractivity contribution in [3.05, 3.63) is 84.7 Å². The highest BCUT2D eigenvalue weighted by molar-refractivity contribution is 14.0. The molecule has 0 atom stereocenters. The molecule has 0 bridgehead atoms. The van der Waals surface area contributed by atoms with Crippen LogP contribution in [0.2, 0.25) is 0 Å². The number of nitrogens with one attached hydrogen (secondary N) is 1. The monoisotopic (exact) mass is 530 g/mol. The molecule has 1 N–H and O–H groups in total. The van der Waals surface area contributed by atoms with Crippen LogP contribution in [0.3, 0.4) is 0 Å². The molecule has 0 aliphatic heterocycles. The molecule has 7 heteroatoms. The number of halogens is 1. The Morgan fingerprint density at radius 2 is 1.71 bits per heavy atom. The highest BCUT2D eigenvalue weighted by Gasteiger charge is 2.19. The van der Waals surface area contributed by atoms with Crippen LogP contribution in [0.15, 0.2) is 79.1 Å². The molecule has 4 aromatic rings. The minimum atomic E-state index is -0.144. The summed E-state index contributed by atoms with van der Waals surface area (Å²) >= 11 is 0. The van der Waals surface area contributed by atoms with Crippen LogP contribution in [0.25, 0.3) is 11.0 Å². The van der Waals surface area contributed by atoms with Gasteiger partial charge in [0.25, 0.3) is 5.91 Å². The fraction of sp³-hybridized carbons (Fsp3) is 0.167. The first-order chi connectivity index (χ1) is 14.7. The Hall–Kier alpha value is -3.07. The van der Waals surface area contributed by atoms with E-state index in [1.54, 1.807) is 32.4 Å². The maximum Gasteiger partial charge on any atom is 0.266 e. The number of fused-ring (bicyclic) bond motifs is 1. The van der Waals surface area contributed by atoms with Crippen molar-refractivity contribution in [2.45, 2.75) is 13.1 Å². The van der Waals surface area contributed by atoms with Gasteiger partial charge < -0.3 is 14.8 Å². The lowest BCUT2D eigenvalue weighted by Gasteiger charge is -2.11. The largest absolute Gasteiger partial charge is 0.497 e. The summed E-state index contributed by atoms with van der Waals surface area (Å²) in [4.78, 5) is 12.8. The predicted octanol–water partition coefficient (Wildman–Crippen LogP) is 4.25. The number of carbonyl (C=O) groups excluding carboxylic acids is 1. The average Bonchev–Trinajstić information content (AvgIpc) is 3.11. The summed E-state index contributed by atoms with van der Waals surface area (Å²) in [5.41, 5.74) is 3.86. The van der Waals surface area contributed by atoms with Gasteiger partial charge in [-0.1, -0.05) is 42.5 Å². The lowest BCUT2D eigenvalue weighted by atomic mass is 10.2. The highest BCUT2D eigenvalue weighted by Crippen LogP contribution is 2.29. The minimum absolute atomic E-state index is 0. The van der Waals surface area contributed by atoms with Crippen LogP contribution < -0.4 is 19.4 Å². The normalized spacial score (nSPS) is 10.4. The van der Waals surface area contributed by atoms with E-state index in [0.717, 1.165) is 17.6 Å². The lowest BCUT2D eigenvalue weighted by Crippen LogP contribution is -2.33. The van der Waals surface area contributed by atoms with Crippen LogP contribution in [0, 0.1) is 0 Å². The SMILES string of the molecule is COc1ccc(OC)c(NC(=O)Cn2c[n+](Cc3ccccc3)c3ccccc32)c1.I. The molecule has 0 aliphatic rings. The number of para-hydroxylation sites is 2. The number of carbonyl (C=O) groups is 1. The zero-order chi connectivity index (χ0) is 20.9. The van der Waals surface area contributed by atoms with Crippen molar-refractivity contribution in [1.29, 1.82) is 0 Å². The fourth-order valence-electron chi connectivity index (χ4n) is 3.53. The fourth-order valence-corrected chi connectivity index (χ4v) is 3.53. The first kappa shape index (κ1) is 22.6. The second-order valence-corrected chi connectivity index (χ2v) is 6.96. The molecule has 0 saturated heterocycles. The van der Waals surface area contributed by atoms with Crippen molar-refractivity contribution in [2.24, 2.45) is 0 Å². The van der Waals surface area contributed by atoms with Gasteiger partial charge in [0.15, 0.2) is 17.6 Å². The van der Waals surface area contributed by atoms with Gasteiger partial charge in [-0.2, -0.15) is 0 Å². The molecule has 6 nitrogen and oxygen atoms in total. The molecule has 1 aromatic heterocycles. The molecule has 0 fully saturated rings. The maximum atomic E-state index is 12.8. The summed E-state index contributed by atoms with van der Waals surface area (Å²) < 4.78 is 14.7. The molecule has 1 heterocycles. The first-order valence-electron chi connectivity index (χ1n) is 9.71. The number of hydrogen-bond acceptors (Lipinski definition) is 3. The van der Waals surface area contributed by atoms with Gasteiger partial charge >= 0.3 is 0 Å². The number of aromatic nitrogens is 2. The third kappa shape index (κ3) is 5.16. The minimum Gasteiger partial charge on any atom is -0.497 e.